The minimum Gasteiger partial charge on any atom is -0.355 e. The second-order valence-electron chi connectivity index (χ2n) is 5.70. The van der Waals surface area contributed by atoms with E-state index >= 15 is 0 Å². The third-order valence-corrected chi connectivity index (χ3v) is 4.00. The standard InChI is InChI=1S/C16H19N5/c1-11-5-6-13(9-17)16(18-11)21-7-3-4-14(10-21)15-8-12(2)19-20-15/h5-6,8,14H,3-4,7,10H2,1-2H3,(H,19,20)/t14-/m0/s1. The fourth-order valence-corrected chi connectivity index (χ4v) is 2.93. The van der Waals surface area contributed by atoms with Crippen molar-refractivity contribution < 1.29 is 0 Å². The quantitative estimate of drug-likeness (QED) is 0.919. The number of nitriles is 1. The molecule has 0 saturated carbocycles. The molecular weight excluding hydrogens is 262 g/mol. The molecule has 0 amide bonds. The van der Waals surface area contributed by atoms with E-state index < -0.39 is 0 Å². The van der Waals surface area contributed by atoms with Crippen molar-refractivity contribution >= 4 is 5.82 Å². The summed E-state index contributed by atoms with van der Waals surface area (Å²) < 4.78 is 0. The van der Waals surface area contributed by atoms with Gasteiger partial charge in [-0.25, -0.2) is 4.98 Å². The predicted molar refractivity (Wildman–Crippen MR) is 81.2 cm³/mol. The molecule has 0 spiro atoms. The minimum absolute atomic E-state index is 0.401. The van der Waals surface area contributed by atoms with Gasteiger partial charge in [-0.15, -0.1) is 0 Å². The average Bonchev–Trinajstić information content (AvgIpc) is 2.94. The Hall–Kier alpha value is -2.35. The van der Waals surface area contributed by atoms with E-state index in [4.69, 9.17) is 0 Å². The summed E-state index contributed by atoms with van der Waals surface area (Å²) in [6, 6.07) is 8.12. The lowest BCUT2D eigenvalue weighted by Gasteiger charge is -2.33. The first kappa shape index (κ1) is 13.6. The molecule has 0 aliphatic carbocycles. The molecule has 5 nitrogen and oxygen atoms in total. The summed E-state index contributed by atoms with van der Waals surface area (Å²) in [6.07, 6.45) is 2.23. The Morgan fingerprint density at radius 2 is 2.24 bits per heavy atom. The van der Waals surface area contributed by atoms with Gasteiger partial charge < -0.3 is 4.90 Å². The summed E-state index contributed by atoms with van der Waals surface area (Å²) in [6.45, 7) is 5.80. The van der Waals surface area contributed by atoms with Crippen molar-refractivity contribution in [2.75, 3.05) is 18.0 Å². The molecule has 3 rings (SSSR count). The number of nitrogens with one attached hydrogen (secondary N) is 1. The molecule has 0 bridgehead atoms. The second kappa shape index (κ2) is 5.57. The summed E-state index contributed by atoms with van der Waals surface area (Å²) in [5, 5.41) is 16.7. The van der Waals surface area contributed by atoms with Gasteiger partial charge in [-0.1, -0.05) is 0 Å². The monoisotopic (exact) mass is 281 g/mol. The number of aryl methyl sites for hydroxylation is 2. The van der Waals surface area contributed by atoms with Gasteiger partial charge in [-0.3, -0.25) is 5.10 Å². The summed E-state index contributed by atoms with van der Waals surface area (Å²) in [4.78, 5) is 6.80. The van der Waals surface area contributed by atoms with Crippen LogP contribution in [0.4, 0.5) is 5.82 Å². The number of anilines is 1. The van der Waals surface area contributed by atoms with Crippen molar-refractivity contribution in [1.82, 2.24) is 15.2 Å². The number of nitrogens with zero attached hydrogens (tertiary/aromatic N) is 4. The van der Waals surface area contributed by atoms with Gasteiger partial charge in [0.25, 0.3) is 0 Å². The van der Waals surface area contributed by atoms with Crippen molar-refractivity contribution in [3.8, 4) is 6.07 Å². The molecule has 1 N–H and O–H groups in total. The molecule has 2 aromatic rings. The molecule has 1 aliphatic rings. The summed E-state index contributed by atoms with van der Waals surface area (Å²) in [7, 11) is 0. The Kier molecular flexibility index (Phi) is 3.61. The van der Waals surface area contributed by atoms with Gasteiger partial charge in [-0.05, 0) is 44.9 Å². The van der Waals surface area contributed by atoms with Gasteiger partial charge in [0.05, 0.1) is 11.3 Å². The molecule has 108 valence electrons. The Morgan fingerprint density at radius 1 is 1.38 bits per heavy atom. The van der Waals surface area contributed by atoms with Crippen molar-refractivity contribution in [1.29, 1.82) is 5.26 Å². The zero-order valence-electron chi connectivity index (χ0n) is 12.4. The van der Waals surface area contributed by atoms with E-state index in [1.165, 1.54) is 0 Å². The Bertz CT molecular complexity index is 682. The van der Waals surface area contributed by atoms with E-state index in [1.54, 1.807) is 0 Å². The highest BCUT2D eigenvalue weighted by molar-refractivity contribution is 5.54. The highest BCUT2D eigenvalue weighted by atomic mass is 15.2. The maximum absolute atomic E-state index is 9.29. The van der Waals surface area contributed by atoms with E-state index in [0.717, 1.165) is 48.8 Å². The topological polar surface area (TPSA) is 68.6 Å². The SMILES string of the molecule is Cc1ccc(C#N)c(N2CCC[C@H](c3cc(C)[nH]n3)C2)n1. The van der Waals surface area contributed by atoms with Crippen LogP contribution >= 0.6 is 0 Å². The van der Waals surface area contributed by atoms with Crippen LogP contribution in [0.15, 0.2) is 18.2 Å². The number of hydrogen-bond donors (Lipinski definition) is 1. The number of hydrogen-bond acceptors (Lipinski definition) is 4. The molecule has 2 aromatic heterocycles. The average molecular weight is 281 g/mol. The Labute approximate surface area is 124 Å². The van der Waals surface area contributed by atoms with E-state index in [0.29, 0.717) is 11.5 Å². The maximum Gasteiger partial charge on any atom is 0.146 e. The van der Waals surface area contributed by atoms with Gasteiger partial charge >= 0.3 is 0 Å². The third kappa shape index (κ3) is 2.75. The third-order valence-electron chi connectivity index (χ3n) is 4.00. The zero-order valence-corrected chi connectivity index (χ0v) is 12.4. The summed E-state index contributed by atoms with van der Waals surface area (Å²) in [5.74, 6) is 1.21. The zero-order chi connectivity index (χ0) is 14.8. The van der Waals surface area contributed by atoms with Crippen LogP contribution in [0, 0.1) is 25.2 Å². The van der Waals surface area contributed by atoms with E-state index in [2.05, 4.69) is 32.2 Å². The lowest BCUT2D eigenvalue weighted by Crippen LogP contribution is -2.35. The molecular formula is C16H19N5. The summed E-state index contributed by atoms with van der Waals surface area (Å²) in [5.41, 5.74) is 3.80. The number of aromatic nitrogens is 3. The van der Waals surface area contributed by atoms with Gasteiger partial charge in [0, 0.05) is 30.4 Å². The largest absolute Gasteiger partial charge is 0.355 e. The summed E-state index contributed by atoms with van der Waals surface area (Å²) >= 11 is 0. The van der Waals surface area contributed by atoms with Crippen LogP contribution in [0.5, 0.6) is 0 Å². The van der Waals surface area contributed by atoms with Gasteiger partial charge in [0.15, 0.2) is 0 Å². The molecule has 1 fully saturated rings. The highest BCUT2D eigenvalue weighted by Crippen LogP contribution is 2.30. The number of aromatic amines is 1. The lowest BCUT2D eigenvalue weighted by atomic mass is 9.94. The fraction of sp³-hybridized carbons (Fsp3) is 0.438. The molecule has 0 aromatic carbocycles. The van der Waals surface area contributed by atoms with Crippen molar-refractivity contribution in [2.24, 2.45) is 0 Å². The highest BCUT2D eigenvalue weighted by Gasteiger charge is 2.25. The van der Waals surface area contributed by atoms with Crippen LogP contribution in [-0.2, 0) is 0 Å². The maximum atomic E-state index is 9.29. The molecule has 5 heteroatoms. The fourth-order valence-electron chi connectivity index (χ4n) is 2.93. The molecule has 1 aliphatic heterocycles. The van der Waals surface area contributed by atoms with E-state index in [1.807, 2.05) is 26.0 Å². The van der Waals surface area contributed by atoms with Crippen molar-refractivity contribution in [3.05, 3.63) is 40.8 Å². The Morgan fingerprint density at radius 3 is 2.95 bits per heavy atom. The van der Waals surface area contributed by atoms with Crippen LogP contribution < -0.4 is 4.90 Å². The number of H-pyrrole nitrogens is 1. The first-order chi connectivity index (χ1) is 10.2. The molecule has 1 saturated heterocycles. The van der Waals surface area contributed by atoms with Crippen LogP contribution in [-0.4, -0.2) is 28.3 Å². The smallest absolute Gasteiger partial charge is 0.146 e. The van der Waals surface area contributed by atoms with E-state index in [-0.39, 0.29) is 0 Å². The molecule has 1 atom stereocenters. The predicted octanol–water partition coefficient (Wildman–Crippen LogP) is 2.68. The normalized spacial score (nSPS) is 18.5. The first-order valence-electron chi connectivity index (χ1n) is 7.32. The number of piperidine rings is 1. The van der Waals surface area contributed by atoms with Gasteiger partial charge in [0.1, 0.15) is 11.9 Å². The number of pyridine rings is 1. The van der Waals surface area contributed by atoms with Gasteiger partial charge in [0.2, 0.25) is 0 Å². The van der Waals surface area contributed by atoms with Gasteiger partial charge in [-0.2, -0.15) is 10.4 Å². The molecule has 21 heavy (non-hydrogen) atoms. The van der Waals surface area contributed by atoms with E-state index in [9.17, 15) is 5.26 Å². The second-order valence-corrected chi connectivity index (χ2v) is 5.70. The molecule has 0 unspecified atom stereocenters. The lowest BCUT2D eigenvalue weighted by molar-refractivity contribution is 0.497. The van der Waals surface area contributed by atoms with Crippen LogP contribution in [0.3, 0.4) is 0 Å². The Balaban J connectivity index is 1.86. The van der Waals surface area contributed by atoms with Crippen LogP contribution in [0.2, 0.25) is 0 Å². The molecule has 0 radical (unpaired) electrons. The van der Waals surface area contributed by atoms with Crippen molar-refractivity contribution in [3.63, 3.8) is 0 Å². The first-order valence-corrected chi connectivity index (χ1v) is 7.32. The number of rotatable bonds is 2. The minimum atomic E-state index is 0.401. The van der Waals surface area contributed by atoms with Crippen LogP contribution in [0.25, 0.3) is 0 Å². The van der Waals surface area contributed by atoms with Crippen LogP contribution in [0.1, 0.15) is 41.4 Å². The molecule has 3 heterocycles. The van der Waals surface area contributed by atoms with Crippen molar-refractivity contribution in [2.45, 2.75) is 32.6 Å².